The second-order valence-corrected chi connectivity index (χ2v) is 4.28. The van der Waals surface area contributed by atoms with Crippen LogP contribution in [0.5, 0.6) is 0 Å². The molecule has 0 bridgehead atoms. The fraction of sp³-hybridized carbons (Fsp3) is 0.875. The van der Waals surface area contributed by atoms with Gasteiger partial charge in [-0.05, 0) is 5.75 Å². The molecule has 146 valence electrons. The lowest BCUT2D eigenvalue weighted by atomic mass is 9.98. The van der Waals surface area contributed by atoms with Crippen molar-refractivity contribution in [2.45, 2.75) is 36.8 Å². The quantitative estimate of drug-likeness (QED) is 0.407. The first-order valence-electron chi connectivity index (χ1n) is 5.12. The second-order valence-electron chi connectivity index (χ2n) is 3.65. The smallest absolute Gasteiger partial charge is 0.262 e. The molecule has 0 aliphatic rings. The van der Waals surface area contributed by atoms with Crippen LogP contribution in [0.15, 0.2) is 0 Å². The van der Waals surface area contributed by atoms with Gasteiger partial charge in [-0.2, -0.15) is 60.9 Å². The van der Waals surface area contributed by atoms with E-state index in [2.05, 4.69) is 12.6 Å². The van der Waals surface area contributed by atoms with E-state index in [0.29, 0.717) is 0 Å². The third kappa shape index (κ3) is 4.11. The van der Waals surface area contributed by atoms with E-state index in [4.69, 9.17) is 0 Å². The van der Waals surface area contributed by atoms with Crippen LogP contribution in [0.3, 0.4) is 0 Å². The second kappa shape index (κ2) is 7.43. The summed E-state index contributed by atoms with van der Waals surface area (Å²) in [6.45, 7) is 1.99. The number of thiol groups is 1. The highest BCUT2D eigenvalue weighted by atomic mass is 32.1. The van der Waals surface area contributed by atoms with E-state index < -0.39 is 41.1 Å². The number of carbonyl (C=O) groups is 1. The van der Waals surface area contributed by atoms with Crippen LogP contribution in [0, 0.1) is 0 Å². The van der Waals surface area contributed by atoms with Gasteiger partial charge in [0.2, 0.25) is 0 Å². The lowest BCUT2D eigenvalue weighted by Gasteiger charge is -2.36. The summed E-state index contributed by atoms with van der Waals surface area (Å²) in [5, 5.41) is -3.37. The average molecular weight is 411 g/mol. The molecule has 0 saturated heterocycles. The maximum Gasteiger partial charge on any atom is 0.460 e. The molecule has 16 heteroatoms. The molecule has 0 aromatic rings. The number of alkyl halides is 11. The minimum Gasteiger partial charge on any atom is -0.262 e. The number of hydrogen-bond acceptors (Lipinski definition) is 2. The van der Waals surface area contributed by atoms with Crippen molar-refractivity contribution in [1.82, 2.24) is 5.34 Å². The van der Waals surface area contributed by atoms with Crippen LogP contribution in [0.25, 0.3) is 0 Å². The Morgan fingerprint density at radius 3 is 1.29 bits per heavy atom. The summed E-state index contributed by atoms with van der Waals surface area (Å²) in [6, 6.07) is 0. The van der Waals surface area contributed by atoms with Gasteiger partial charge in [-0.1, -0.05) is 15.9 Å². The molecule has 2 nitrogen and oxygen atoms in total. The third-order valence-electron chi connectivity index (χ3n) is 1.96. The molecule has 0 atom stereocenters. The van der Waals surface area contributed by atoms with Crippen molar-refractivity contribution in [3.63, 3.8) is 0 Å². The Balaban J connectivity index is 0. The van der Waals surface area contributed by atoms with Crippen LogP contribution in [0.1, 0.15) is 6.92 Å². The van der Waals surface area contributed by atoms with Gasteiger partial charge in [0.15, 0.2) is 0 Å². The molecule has 24 heavy (non-hydrogen) atoms. The zero-order valence-electron chi connectivity index (χ0n) is 10.9. The molecule has 0 aromatic carbocycles. The lowest BCUT2D eigenvalue weighted by molar-refractivity contribution is -0.419. The Hall–Kier alpha value is -1.09. The summed E-state index contributed by atoms with van der Waals surface area (Å²) < 4.78 is 157. The van der Waals surface area contributed by atoms with Crippen LogP contribution >= 0.6 is 12.6 Å². The average Bonchev–Trinajstić information content (AvgIpc) is 2.36. The van der Waals surface area contributed by atoms with Gasteiger partial charge in [-0.25, -0.2) is 0 Å². The summed E-state index contributed by atoms with van der Waals surface area (Å²) in [5.74, 6) is -34.1. The zero-order valence-corrected chi connectivity index (χ0v) is 11.8. The van der Waals surface area contributed by atoms with Crippen molar-refractivity contribution in [2.75, 3.05) is 5.75 Å². The Morgan fingerprint density at radius 1 is 0.792 bits per heavy atom. The summed E-state index contributed by atoms with van der Waals surface area (Å²) in [6.07, 6.45) is -7.43. The van der Waals surface area contributed by atoms with Crippen molar-refractivity contribution >= 4 is 18.5 Å². The Bertz CT molecular complexity index is 432. The van der Waals surface area contributed by atoms with Crippen LogP contribution < -0.4 is 0 Å². The molecule has 0 rings (SSSR count). The Kier molecular flexibility index (Phi) is 7.79. The number of hydrogen-bond donors (Lipinski definition) is 1. The largest absolute Gasteiger partial charge is 0.460 e. The van der Waals surface area contributed by atoms with E-state index in [1.54, 1.807) is 0 Å². The van der Waals surface area contributed by atoms with Gasteiger partial charge < -0.3 is 0 Å². The van der Waals surface area contributed by atoms with E-state index in [-0.39, 0.29) is 0 Å². The van der Waals surface area contributed by atoms with Crippen molar-refractivity contribution in [2.24, 2.45) is 0 Å². The standard InChI is InChI=1S/C6F13NO.C2H6S/c7-2(8,1(21)20(18)19)3(9,10)4(11,12)5(13,14)6(15,16)17;1-2-3/h;3H,2H2,1H3. The van der Waals surface area contributed by atoms with Crippen molar-refractivity contribution < 1.29 is 62.1 Å². The molecule has 0 aliphatic carbocycles. The van der Waals surface area contributed by atoms with Gasteiger partial charge in [0.05, 0.1) is 0 Å². The molecule has 0 unspecified atom stereocenters. The van der Waals surface area contributed by atoms with Gasteiger partial charge in [0.1, 0.15) is 0 Å². The van der Waals surface area contributed by atoms with Crippen LogP contribution in [0.2, 0.25) is 0 Å². The van der Waals surface area contributed by atoms with Crippen molar-refractivity contribution in [3.05, 3.63) is 0 Å². The summed E-state index contributed by atoms with van der Waals surface area (Å²) in [7, 11) is 0. The molecular formula is C8H6F13NOS. The highest BCUT2D eigenvalue weighted by Gasteiger charge is 2.89. The number of amides is 1. The van der Waals surface area contributed by atoms with Crippen molar-refractivity contribution in [1.29, 1.82) is 0 Å². The normalized spacial score (nSPS) is 14.0. The van der Waals surface area contributed by atoms with Gasteiger partial charge in [-0.3, -0.25) is 4.79 Å². The van der Waals surface area contributed by atoms with E-state index in [9.17, 15) is 62.1 Å². The van der Waals surface area contributed by atoms with Crippen molar-refractivity contribution in [3.8, 4) is 0 Å². The number of rotatable bonds is 4. The maximum absolute atomic E-state index is 12.6. The van der Waals surface area contributed by atoms with Gasteiger partial charge in [-0.15, -0.1) is 0 Å². The predicted molar refractivity (Wildman–Crippen MR) is 54.4 cm³/mol. The lowest BCUT2D eigenvalue weighted by Crippen LogP contribution is -2.68. The van der Waals surface area contributed by atoms with Gasteiger partial charge >= 0.3 is 35.8 Å². The van der Waals surface area contributed by atoms with Gasteiger partial charge in [0, 0.05) is 5.34 Å². The molecule has 0 fully saturated rings. The highest BCUT2D eigenvalue weighted by Crippen LogP contribution is 2.57. The molecular weight excluding hydrogens is 405 g/mol. The number of carbonyl (C=O) groups excluding carboxylic acids is 1. The fourth-order valence-electron chi connectivity index (χ4n) is 0.813. The molecule has 0 N–H and O–H groups in total. The molecule has 0 saturated carbocycles. The molecule has 0 radical (unpaired) electrons. The molecule has 0 aromatic heterocycles. The first kappa shape index (κ1) is 25.2. The first-order chi connectivity index (χ1) is 10.3. The molecule has 0 heterocycles. The fourth-order valence-corrected chi connectivity index (χ4v) is 0.813. The first-order valence-corrected chi connectivity index (χ1v) is 5.75. The van der Waals surface area contributed by atoms with Crippen LogP contribution in [-0.4, -0.2) is 46.9 Å². The molecule has 1 amide bonds. The monoisotopic (exact) mass is 411 g/mol. The van der Waals surface area contributed by atoms with E-state index >= 15 is 0 Å². The molecule has 0 aliphatic heterocycles. The summed E-state index contributed by atoms with van der Waals surface area (Å²) in [5.41, 5.74) is 0. The summed E-state index contributed by atoms with van der Waals surface area (Å²) >= 11 is 3.79. The van der Waals surface area contributed by atoms with Crippen LogP contribution in [-0.2, 0) is 4.79 Å². The number of halogens is 13. The predicted octanol–water partition coefficient (Wildman–Crippen LogP) is 4.62. The minimum atomic E-state index is -7.90. The maximum atomic E-state index is 12.6. The SMILES string of the molecule is CCS.O=C(N(F)F)C(F)(F)C(F)(F)C(F)(F)C(F)(F)C(F)(F)F. The minimum absolute atomic E-state index is 0.944. The third-order valence-corrected chi connectivity index (χ3v) is 1.96. The van der Waals surface area contributed by atoms with E-state index in [1.165, 1.54) is 0 Å². The van der Waals surface area contributed by atoms with Gasteiger partial charge in [0.25, 0.3) is 0 Å². The van der Waals surface area contributed by atoms with E-state index in [1.807, 2.05) is 6.92 Å². The Morgan fingerprint density at radius 2 is 1.08 bits per heavy atom. The molecule has 0 spiro atoms. The Labute approximate surface area is 129 Å². The summed E-state index contributed by atoms with van der Waals surface area (Å²) in [4.78, 5) is 9.92. The van der Waals surface area contributed by atoms with E-state index in [0.717, 1.165) is 5.75 Å². The highest BCUT2D eigenvalue weighted by molar-refractivity contribution is 7.80. The topological polar surface area (TPSA) is 20.3 Å². The number of nitrogens with zero attached hydrogens (tertiary/aromatic N) is 1. The zero-order chi connectivity index (χ0) is 20.4. The van der Waals surface area contributed by atoms with Crippen LogP contribution in [0.4, 0.5) is 57.3 Å².